The molecule has 1 amide bonds. The second-order valence-corrected chi connectivity index (χ2v) is 8.42. The minimum absolute atomic E-state index is 0.217. The zero-order chi connectivity index (χ0) is 21.5. The van der Waals surface area contributed by atoms with Crippen LogP contribution < -0.4 is 14.8 Å². The fourth-order valence-electron chi connectivity index (χ4n) is 3.14. The summed E-state index contributed by atoms with van der Waals surface area (Å²) in [6.07, 6.45) is 0. The molecule has 0 fully saturated rings. The number of carbonyl (C=O) groups excluding carboxylic acids is 1. The second-order valence-electron chi connectivity index (χ2n) is 6.74. The van der Waals surface area contributed by atoms with Crippen molar-refractivity contribution in [3.63, 3.8) is 0 Å². The van der Waals surface area contributed by atoms with Gasteiger partial charge >= 0.3 is 0 Å². The Kier molecular flexibility index (Phi) is 5.05. The first-order valence-electron chi connectivity index (χ1n) is 9.17. The lowest BCUT2D eigenvalue weighted by molar-refractivity contribution is 0.102. The number of thiazole rings is 1. The summed E-state index contributed by atoms with van der Waals surface area (Å²) in [5, 5.41) is 10.6. The number of benzene rings is 2. The van der Waals surface area contributed by atoms with Gasteiger partial charge in [0.2, 0.25) is 11.9 Å². The van der Waals surface area contributed by atoms with Gasteiger partial charge in [0.1, 0.15) is 5.82 Å². The smallest absolute Gasteiger partial charge is 0.258 e. The fourth-order valence-corrected chi connectivity index (χ4v) is 4.43. The number of anilines is 1. The van der Waals surface area contributed by atoms with E-state index >= 15 is 0 Å². The van der Waals surface area contributed by atoms with Crippen LogP contribution in [0.3, 0.4) is 0 Å². The van der Waals surface area contributed by atoms with Crippen LogP contribution in [0, 0.1) is 6.92 Å². The van der Waals surface area contributed by atoms with Gasteiger partial charge in [-0.3, -0.25) is 4.79 Å². The topological polar surface area (TPSA) is 78.3 Å². The lowest BCUT2D eigenvalue weighted by Crippen LogP contribution is -2.15. The predicted octanol–water partition coefficient (Wildman–Crippen LogP) is 5.59. The Morgan fingerprint density at radius 1 is 1.13 bits per heavy atom. The van der Waals surface area contributed by atoms with Crippen LogP contribution in [-0.2, 0) is 0 Å². The summed E-state index contributed by atoms with van der Waals surface area (Å²) in [6, 6.07) is 12.2. The average molecular weight is 473 g/mol. The first kappa shape index (κ1) is 19.9. The van der Waals surface area contributed by atoms with Crippen molar-refractivity contribution in [1.29, 1.82) is 0 Å². The minimum Gasteiger partial charge on any atom is -0.454 e. The van der Waals surface area contributed by atoms with Crippen molar-refractivity contribution in [2.75, 3.05) is 12.1 Å². The van der Waals surface area contributed by atoms with Gasteiger partial charge in [-0.2, -0.15) is 9.78 Å². The van der Waals surface area contributed by atoms with E-state index in [0.29, 0.717) is 33.0 Å². The van der Waals surface area contributed by atoms with Gasteiger partial charge in [0.25, 0.3) is 5.91 Å². The Morgan fingerprint density at radius 3 is 2.81 bits per heavy atom. The van der Waals surface area contributed by atoms with Gasteiger partial charge in [-0.1, -0.05) is 23.2 Å². The number of hydrogen-bond donors (Lipinski definition) is 1. The molecule has 1 aliphatic rings. The van der Waals surface area contributed by atoms with Gasteiger partial charge in [-0.15, -0.1) is 11.3 Å². The molecule has 5 rings (SSSR count). The van der Waals surface area contributed by atoms with E-state index < -0.39 is 0 Å². The molecule has 156 valence electrons. The Morgan fingerprint density at radius 2 is 1.97 bits per heavy atom. The second kappa shape index (κ2) is 7.88. The largest absolute Gasteiger partial charge is 0.454 e. The molecule has 10 heteroatoms. The monoisotopic (exact) mass is 472 g/mol. The van der Waals surface area contributed by atoms with E-state index in [1.165, 1.54) is 17.4 Å². The van der Waals surface area contributed by atoms with Crippen molar-refractivity contribution < 1.29 is 14.3 Å². The van der Waals surface area contributed by atoms with Crippen LogP contribution in [0.25, 0.3) is 16.4 Å². The summed E-state index contributed by atoms with van der Waals surface area (Å²) in [6.45, 7) is 2.06. The summed E-state index contributed by atoms with van der Waals surface area (Å²) in [4.78, 5) is 17.4. The summed E-state index contributed by atoms with van der Waals surface area (Å²) < 4.78 is 12.4. The van der Waals surface area contributed by atoms with Crippen molar-refractivity contribution in [2.45, 2.75) is 6.92 Å². The third-order valence-electron chi connectivity index (χ3n) is 4.59. The number of ether oxygens (including phenoxy) is 2. The van der Waals surface area contributed by atoms with Crippen LogP contribution in [0.4, 0.5) is 5.82 Å². The van der Waals surface area contributed by atoms with Crippen molar-refractivity contribution in [2.24, 2.45) is 0 Å². The van der Waals surface area contributed by atoms with Gasteiger partial charge < -0.3 is 14.8 Å². The molecule has 31 heavy (non-hydrogen) atoms. The van der Waals surface area contributed by atoms with Gasteiger partial charge in [0, 0.05) is 22.0 Å². The molecule has 0 atom stereocenters. The molecular formula is C21H14Cl2N4O3S. The highest BCUT2D eigenvalue weighted by atomic mass is 35.5. The first-order valence-corrected chi connectivity index (χ1v) is 10.8. The summed E-state index contributed by atoms with van der Waals surface area (Å²) in [5.74, 6) is 1.53. The zero-order valence-corrected chi connectivity index (χ0v) is 18.4. The molecule has 0 aliphatic carbocycles. The van der Waals surface area contributed by atoms with Gasteiger partial charge in [0.05, 0.1) is 22.0 Å². The number of amides is 1. The number of aromatic nitrogens is 3. The summed E-state index contributed by atoms with van der Waals surface area (Å²) >= 11 is 13.5. The Hall–Kier alpha value is -3.07. The Balaban J connectivity index is 1.44. The van der Waals surface area contributed by atoms with Crippen molar-refractivity contribution in [3.8, 4) is 27.9 Å². The van der Waals surface area contributed by atoms with Gasteiger partial charge in [-0.25, -0.2) is 4.98 Å². The van der Waals surface area contributed by atoms with Crippen LogP contribution in [0.5, 0.6) is 11.5 Å². The maximum absolute atomic E-state index is 12.8. The molecule has 1 aliphatic heterocycles. The molecule has 1 N–H and O–H groups in total. The molecule has 0 saturated carbocycles. The quantitative estimate of drug-likeness (QED) is 0.418. The van der Waals surface area contributed by atoms with Crippen LogP contribution >= 0.6 is 34.5 Å². The van der Waals surface area contributed by atoms with E-state index in [4.69, 9.17) is 32.7 Å². The molecule has 7 nitrogen and oxygen atoms in total. The fraction of sp³-hybridized carbons (Fsp3) is 0.0952. The van der Waals surface area contributed by atoms with Crippen LogP contribution in [0.1, 0.15) is 16.1 Å². The van der Waals surface area contributed by atoms with E-state index in [0.717, 1.165) is 17.0 Å². The molecule has 2 aromatic carbocycles. The number of nitrogens with one attached hydrogen (secondary N) is 1. The summed E-state index contributed by atoms with van der Waals surface area (Å²) in [7, 11) is 0. The molecule has 0 bridgehead atoms. The number of aryl methyl sites for hydroxylation is 1. The maximum atomic E-state index is 12.8. The predicted molar refractivity (Wildman–Crippen MR) is 120 cm³/mol. The van der Waals surface area contributed by atoms with Gasteiger partial charge in [0.15, 0.2) is 11.5 Å². The molecule has 0 unspecified atom stereocenters. The number of halogens is 2. The van der Waals surface area contributed by atoms with Crippen molar-refractivity contribution in [1.82, 2.24) is 14.8 Å². The van der Waals surface area contributed by atoms with Crippen molar-refractivity contribution in [3.05, 3.63) is 69.1 Å². The Bertz CT molecular complexity index is 1320. The van der Waals surface area contributed by atoms with Gasteiger partial charge in [-0.05, 0) is 43.3 Å². The van der Waals surface area contributed by atoms with E-state index in [-0.39, 0.29) is 17.7 Å². The highest BCUT2D eigenvalue weighted by Gasteiger charge is 2.19. The third-order valence-corrected chi connectivity index (χ3v) is 5.95. The lowest BCUT2D eigenvalue weighted by Gasteiger charge is -2.08. The molecule has 2 aromatic heterocycles. The highest BCUT2D eigenvalue weighted by molar-refractivity contribution is 7.12. The van der Waals surface area contributed by atoms with E-state index in [2.05, 4.69) is 15.4 Å². The number of rotatable bonds is 4. The molecule has 4 aromatic rings. The normalized spacial score (nSPS) is 12.2. The van der Waals surface area contributed by atoms with E-state index in [1.54, 1.807) is 22.9 Å². The standard InChI is InChI=1S/C21H14Cl2N4O3S/c1-11-6-19(25-20(28)14-4-3-13(22)8-15(14)23)27(26-11)21-24-16(9-31-21)12-2-5-17-18(7-12)30-10-29-17/h2-9H,10H2,1H3,(H,25,28). The minimum atomic E-state index is -0.365. The molecule has 0 saturated heterocycles. The molecular weight excluding hydrogens is 459 g/mol. The number of nitrogens with zero attached hydrogens (tertiary/aromatic N) is 3. The zero-order valence-electron chi connectivity index (χ0n) is 16.1. The average Bonchev–Trinajstić information content (AvgIpc) is 3.46. The highest BCUT2D eigenvalue weighted by Crippen LogP contribution is 2.36. The lowest BCUT2D eigenvalue weighted by atomic mass is 10.1. The van der Waals surface area contributed by atoms with E-state index in [9.17, 15) is 4.79 Å². The van der Waals surface area contributed by atoms with Crippen molar-refractivity contribution >= 4 is 46.3 Å². The Labute approximate surface area is 191 Å². The first-order chi connectivity index (χ1) is 15.0. The third kappa shape index (κ3) is 3.85. The van der Waals surface area contributed by atoms with E-state index in [1.807, 2.05) is 30.5 Å². The summed E-state index contributed by atoms with van der Waals surface area (Å²) in [5.41, 5.74) is 2.72. The number of fused-ring (bicyclic) bond motifs is 1. The SMILES string of the molecule is Cc1cc(NC(=O)c2ccc(Cl)cc2Cl)n(-c2nc(-c3ccc4c(c3)OCO4)cs2)n1. The van der Waals surface area contributed by atoms with Crippen LogP contribution in [0.2, 0.25) is 10.0 Å². The molecule has 3 heterocycles. The van der Waals surface area contributed by atoms with Crippen LogP contribution in [-0.4, -0.2) is 27.5 Å². The maximum Gasteiger partial charge on any atom is 0.258 e. The molecule has 0 radical (unpaired) electrons. The number of hydrogen-bond acceptors (Lipinski definition) is 6. The van der Waals surface area contributed by atoms with Crippen LogP contribution in [0.15, 0.2) is 47.8 Å². The number of carbonyl (C=O) groups is 1. The molecule has 0 spiro atoms.